The van der Waals surface area contributed by atoms with Crippen molar-refractivity contribution in [3.8, 4) is 0 Å². The zero-order chi connectivity index (χ0) is 23.6. The molecule has 0 aliphatic rings. The Hall–Kier alpha value is -0.540. The van der Waals surface area contributed by atoms with E-state index in [1.807, 2.05) is 0 Å². The standard InChI is InChI=1S/C22H43NO.C6H16N.ClH/c1-2-3-4-5-6-7-8-9-10-11-12-13-14-15-16-17-18-19-20-21-22(23)24;1-5-6-7(2,3)4;/h9-10H,2-8,11-21H2,1H3,(H2,23,24);5-6H2,1-4H3;1H/q;+1;/p-1/b10-9-;;. The van der Waals surface area contributed by atoms with Gasteiger partial charge in [-0.2, -0.15) is 0 Å². The topological polar surface area (TPSA) is 43.1 Å². The molecule has 0 rings (SSSR count). The summed E-state index contributed by atoms with van der Waals surface area (Å²) in [7, 11) is 6.64. The Labute approximate surface area is 209 Å². The summed E-state index contributed by atoms with van der Waals surface area (Å²) in [5.41, 5.74) is 5.13. The second kappa shape index (κ2) is 28.5. The third kappa shape index (κ3) is 39.9. The summed E-state index contributed by atoms with van der Waals surface area (Å²) in [6, 6.07) is 0. The number of unbranched alkanes of at least 4 members (excludes halogenated alkanes) is 15. The lowest BCUT2D eigenvalue weighted by atomic mass is 10.1. The molecule has 0 spiro atoms. The van der Waals surface area contributed by atoms with E-state index in [2.05, 4.69) is 47.1 Å². The number of primary amides is 1. The minimum atomic E-state index is -0.156. The zero-order valence-corrected chi connectivity index (χ0v) is 23.4. The minimum Gasteiger partial charge on any atom is -1.00 e. The van der Waals surface area contributed by atoms with Crippen LogP contribution in [0.2, 0.25) is 0 Å². The highest BCUT2D eigenvalue weighted by Gasteiger charge is 2.01. The number of nitrogens with zero attached hydrogens (tertiary/aromatic N) is 1. The molecule has 0 saturated carbocycles. The maximum Gasteiger partial charge on any atom is 0.217 e. The van der Waals surface area contributed by atoms with E-state index in [4.69, 9.17) is 5.73 Å². The first-order valence-electron chi connectivity index (χ1n) is 13.6. The van der Waals surface area contributed by atoms with Crippen LogP contribution in [0.4, 0.5) is 0 Å². The Kier molecular flexibility index (Phi) is 32.1. The molecule has 0 unspecified atom stereocenters. The summed E-state index contributed by atoms with van der Waals surface area (Å²) in [5, 5.41) is 0. The van der Waals surface area contributed by atoms with Crippen molar-refractivity contribution in [1.29, 1.82) is 0 Å². The number of halogens is 1. The molecule has 0 aromatic heterocycles. The number of carbonyl (C=O) groups excluding carboxylic acids is 1. The average Bonchev–Trinajstić information content (AvgIpc) is 2.69. The van der Waals surface area contributed by atoms with Crippen molar-refractivity contribution in [2.24, 2.45) is 5.73 Å². The smallest absolute Gasteiger partial charge is 0.217 e. The van der Waals surface area contributed by atoms with Gasteiger partial charge >= 0.3 is 0 Å². The number of quaternary nitrogens is 1. The molecule has 2 N–H and O–H groups in total. The molecule has 0 aromatic carbocycles. The number of allylic oxidation sites excluding steroid dienone is 2. The van der Waals surface area contributed by atoms with E-state index in [9.17, 15) is 4.79 Å². The van der Waals surface area contributed by atoms with Gasteiger partial charge in [0.2, 0.25) is 5.91 Å². The molecule has 0 saturated heterocycles. The lowest BCUT2D eigenvalue weighted by Gasteiger charge is -2.22. The quantitative estimate of drug-likeness (QED) is 0.139. The number of rotatable bonds is 21. The Morgan fingerprint density at radius 2 is 1.00 bits per heavy atom. The van der Waals surface area contributed by atoms with Crippen molar-refractivity contribution in [3.63, 3.8) is 0 Å². The largest absolute Gasteiger partial charge is 1.00 e. The van der Waals surface area contributed by atoms with Crippen LogP contribution in [0, 0.1) is 0 Å². The molecule has 32 heavy (non-hydrogen) atoms. The Morgan fingerprint density at radius 1 is 0.625 bits per heavy atom. The predicted octanol–water partition coefficient (Wildman–Crippen LogP) is 5.18. The first-order valence-corrected chi connectivity index (χ1v) is 13.6. The van der Waals surface area contributed by atoms with Crippen molar-refractivity contribution < 1.29 is 21.7 Å². The summed E-state index contributed by atoms with van der Waals surface area (Å²) in [5.74, 6) is -0.156. The van der Waals surface area contributed by atoms with Gasteiger partial charge in [0, 0.05) is 6.42 Å². The summed E-state index contributed by atoms with van der Waals surface area (Å²) in [4.78, 5) is 10.6. The molecule has 1 amide bonds. The second-order valence-electron chi connectivity index (χ2n) is 10.2. The van der Waals surface area contributed by atoms with Gasteiger partial charge in [0.05, 0.1) is 27.7 Å². The molecule has 194 valence electrons. The van der Waals surface area contributed by atoms with Crippen molar-refractivity contribution in [2.75, 3.05) is 27.7 Å². The molecule has 0 heterocycles. The fourth-order valence-corrected chi connectivity index (χ4v) is 3.75. The number of amides is 1. The maximum atomic E-state index is 10.6. The van der Waals surface area contributed by atoms with Crippen LogP contribution in [0.25, 0.3) is 0 Å². The van der Waals surface area contributed by atoms with Crippen molar-refractivity contribution in [2.45, 2.75) is 136 Å². The van der Waals surface area contributed by atoms with Crippen LogP contribution >= 0.6 is 0 Å². The average molecular weight is 475 g/mol. The summed E-state index contributed by atoms with van der Waals surface area (Å²) < 4.78 is 1.09. The number of nitrogens with two attached hydrogens (primary N) is 1. The molecular formula is C28H59ClN2O. The van der Waals surface area contributed by atoms with E-state index in [1.165, 1.54) is 109 Å². The van der Waals surface area contributed by atoms with Gasteiger partial charge in [0.25, 0.3) is 0 Å². The lowest BCUT2D eigenvalue weighted by molar-refractivity contribution is -0.870. The number of hydrogen-bond donors (Lipinski definition) is 1. The van der Waals surface area contributed by atoms with Crippen molar-refractivity contribution in [1.82, 2.24) is 0 Å². The van der Waals surface area contributed by atoms with Gasteiger partial charge in [-0.1, -0.05) is 103 Å². The van der Waals surface area contributed by atoms with Crippen LogP contribution in [0.1, 0.15) is 136 Å². The van der Waals surface area contributed by atoms with Gasteiger partial charge in [0.1, 0.15) is 0 Å². The minimum absolute atomic E-state index is 0. The van der Waals surface area contributed by atoms with Gasteiger partial charge in [-0.15, -0.1) is 0 Å². The van der Waals surface area contributed by atoms with Crippen LogP contribution in [0.5, 0.6) is 0 Å². The van der Waals surface area contributed by atoms with E-state index in [0.29, 0.717) is 6.42 Å². The highest BCUT2D eigenvalue weighted by molar-refractivity contribution is 5.73. The van der Waals surface area contributed by atoms with Crippen LogP contribution < -0.4 is 18.1 Å². The molecule has 0 aliphatic heterocycles. The summed E-state index contributed by atoms with van der Waals surface area (Å²) in [6.45, 7) is 5.77. The Balaban J connectivity index is -0.000000903. The van der Waals surface area contributed by atoms with Crippen LogP contribution in [-0.4, -0.2) is 38.1 Å². The highest BCUT2D eigenvalue weighted by Crippen LogP contribution is 2.12. The molecular weight excluding hydrogens is 416 g/mol. The molecule has 0 atom stereocenters. The van der Waals surface area contributed by atoms with Gasteiger partial charge < -0.3 is 22.6 Å². The summed E-state index contributed by atoms with van der Waals surface area (Å²) >= 11 is 0. The van der Waals surface area contributed by atoms with E-state index < -0.39 is 0 Å². The van der Waals surface area contributed by atoms with Crippen LogP contribution in [-0.2, 0) is 4.79 Å². The fraction of sp³-hybridized carbons (Fsp3) is 0.893. The van der Waals surface area contributed by atoms with Gasteiger partial charge in [-0.25, -0.2) is 0 Å². The number of carbonyl (C=O) groups is 1. The molecule has 0 aliphatic carbocycles. The first kappa shape index (κ1) is 36.0. The van der Waals surface area contributed by atoms with E-state index in [-0.39, 0.29) is 18.3 Å². The normalized spacial score (nSPS) is 11.2. The fourth-order valence-electron chi connectivity index (χ4n) is 3.75. The van der Waals surface area contributed by atoms with E-state index in [1.54, 1.807) is 0 Å². The summed E-state index contributed by atoms with van der Waals surface area (Å²) in [6.07, 6.45) is 29.1. The third-order valence-corrected chi connectivity index (χ3v) is 5.58. The van der Waals surface area contributed by atoms with Crippen LogP contribution in [0.3, 0.4) is 0 Å². The molecule has 3 nitrogen and oxygen atoms in total. The molecule has 0 radical (unpaired) electrons. The third-order valence-electron chi connectivity index (χ3n) is 5.58. The molecule has 4 heteroatoms. The van der Waals surface area contributed by atoms with E-state index >= 15 is 0 Å². The highest BCUT2D eigenvalue weighted by atomic mass is 35.5. The molecule has 0 fully saturated rings. The first-order chi connectivity index (χ1) is 14.8. The second-order valence-corrected chi connectivity index (χ2v) is 10.2. The number of hydrogen-bond acceptors (Lipinski definition) is 1. The monoisotopic (exact) mass is 474 g/mol. The Morgan fingerprint density at radius 3 is 1.31 bits per heavy atom. The lowest BCUT2D eigenvalue weighted by Crippen LogP contribution is -3.00. The maximum absolute atomic E-state index is 10.6. The molecule has 0 bridgehead atoms. The molecule has 0 aromatic rings. The van der Waals surface area contributed by atoms with Crippen LogP contribution in [0.15, 0.2) is 12.2 Å². The SMILES string of the molecule is CCCCCCCC/C=C\CCCCCCCCCCCC(N)=O.CCC[N+](C)(C)C.[Cl-]. The Bertz CT molecular complexity index is 391. The van der Waals surface area contributed by atoms with Gasteiger partial charge in [-0.3, -0.25) is 4.79 Å². The van der Waals surface area contributed by atoms with Crippen molar-refractivity contribution in [3.05, 3.63) is 12.2 Å². The predicted molar refractivity (Wildman–Crippen MR) is 140 cm³/mol. The van der Waals surface area contributed by atoms with E-state index in [0.717, 1.165) is 17.3 Å². The zero-order valence-electron chi connectivity index (χ0n) is 22.6. The van der Waals surface area contributed by atoms with Crippen molar-refractivity contribution >= 4 is 5.91 Å². The van der Waals surface area contributed by atoms with Gasteiger partial charge in [0.15, 0.2) is 0 Å². The van der Waals surface area contributed by atoms with Gasteiger partial charge in [-0.05, 0) is 38.5 Å².